The van der Waals surface area contributed by atoms with E-state index in [1.807, 2.05) is 6.07 Å². The van der Waals surface area contributed by atoms with Gasteiger partial charge in [0, 0.05) is 16.1 Å². The molecule has 0 radical (unpaired) electrons. The zero-order valence-corrected chi connectivity index (χ0v) is 14.9. The Balaban J connectivity index is 1.94. The Morgan fingerprint density at radius 3 is 2.76 bits per heavy atom. The minimum Gasteiger partial charge on any atom is -0.472 e. The van der Waals surface area contributed by atoms with E-state index in [1.54, 1.807) is 31.3 Å². The van der Waals surface area contributed by atoms with Crippen molar-refractivity contribution in [3.63, 3.8) is 0 Å². The van der Waals surface area contributed by atoms with Crippen LogP contribution in [0.3, 0.4) is 0 Å². The smallest absolute Gasteiger partial charge is 0.353 e. The number of nitrogens with zero attached hydrogens (tertiary/aromatic N) is 2. The van der Waals surface area contributed by atoms with Crippen LogP contribution in [-0.2, 0) is 9.53 Å². The van der Waals surface area contributed by atoms with Crippen molar-refractivity contribution in [3.8, 4) is 5.75 Å². The topological polar surface area (TPSA) is 61.3 Å². The van der Waals surface area contributed by atoms with Gasteiger partial charge in [0.25, 0.3) is 0 Å². The highest BCUT2D eigenvalue weighted by molar-refractivity contribution is 9.10. The van der Waals surface area contributed by atoms with Crippen molar-refractivity contribution in [2.75, 3.05) is 6.61 Å². The number of rotatable bonds is 5. The summed E-state index contributed by atoms with van der Waals surface area (Å²) < 4.78 is 24.8. The molecule has 0 aliphatic rings. The van der Waals surface area contributed by atoms with Gasteiger partial charge in [-0.05, 0) is 59.3 Å². The molecule has 5 nitrogen and oxygen atoms in total. The molecular weight excluding hydrogens is 391 g/mol. The zero-order valence-electron chi connectivity index (χ0n) is 13.3. The first-order valence-electron chi connectivity index (χ1n) is 7.57. The van der Waals surface area contributed by atoms with Gasteiger partial charge in [-0.25, -0.2) is 9.18 Å². The Morgan fingerprint density at radius 2 is 2.04 bits per heavy atom. The Bertz CT molecular complexity index is 902. The van der Waals surface area contributed by atoms with E-state index in [0.717, 1.165) is 21.6 Å². The molecule has 0 spiro atoms. The predicted octanol–water partition coefficient (Wildman–Crippen LogP) is 4.21. The predicted molar refractivity (Wildman–Crippen MR) is 93.6 cm³/mol. The first kappa shape index (κ1) is 17.3. The van der Waals surface area contributed by atoms with E-state index < -0.39 is 17.9 Å². The van der Waals surface area contributed by atoms with Crippen molar-refractivity contribution in [1.29, 1.82) is 0 Å². The summed E-state index contributed by atoms with van der Waals surface area (Å²) in [6, 6.07) is 9.78. The quantitative estimate of drug-likeness (QED) is 0.595. The molecule has 0 aliphatic heterocycles. The lowest BCUT2D eigenvalue weighted by Gasteiger charge is -2.17. The van der Waals surface area contributed by atoms with Gasteiger partial charge in [0.1, 0.15) is 11.6 Å². The summed E-state index contributed by atoms with van der Waals surface area (Å²) in [5.74, 6) is -0.626. The highest BCUT2D eigenvalue weighted by Crippen LogP contribution is 2.27. The number of halogens is 2. The molecule has 2 aromatic heterocycles. The maximum Gasteiger partial charge on any atom is 0.353 e. The lowest BCUT2D eigenvalue weighted by molar-refractivity contribution is -0.152. The molecule has 1 aromatic carbocycles. The third-order valence-electron chi connectivity index (χ3n) is 3.39. The van der Waals surface area contributed by atoms with E-state index in [2.05, 4.69) is 25.9 Å². The number of benzene rings is 1. The number of fused-ring (bicyclic) bond motifs is 1. The molecule has 1 unspecified atom stereocenters. The maximum absolute atomic E-state index is 13.1. The van der Waals surface area contributed by atoms with Crippen LogP contribution in [0.15, 0.2) is 53.3 Å². The van der Waals surface area contributed by atoms with E-state index in [0.29, 0.717) is 5.75 Å². The van der Waals surface area contributed by atoms with Crippen LogP contribution < -0.4 is 4.74 Å². The summed E-state index contributed by atoms with van der Waals surface area (Å²) >= 11 is 3.37. The molecule has 0 fully saturated rings. The van der Waals surface area contributed by atoms with Gasteiger partial charge in [-0.2, -0.15) is 0 Å². The minimum absolute atomic E-state index is 0.203. The average molecular weight is 405 g/mol. The van der Waals surface area contributed by atoms with Crippen LogP contribution in [0.4, 0.5) is 4.39 Å². The molecular formula is C18H14BrFN2O3. The molecule has 0 saturated carbocycles. The van der Waals surface area contributed by atoms with E-state index in [1.165, 1.54) is 12.1 Å². The van der Waals surface area contributed by atoms with Gasteiger partial charge >= 0.3 is 5.97 Å². The summed E-state index contributed by atoms with van der Waals surface area (Å²) in [7, 11) is 0. The van der Waals surface area contributed by atoms with Crippen LogP contribution in [0.2, 0.25) is 0 Å². The third-order valence-corrected chi connectivity index (χ3v) is 3.83. The highest BCUT2D eigenvalue weighted by atomic mass is 79.9. The van der Waals surface area contributed by atoms with Crippen molar-refractivity contribution in [2.45, 2.75) is 13.0 Å². The zero-order chi connectivity index (χ0) is 17.8. The largest absolute Gasteiger partial charge is 0.472 e. The van der Waals surface area contributed by atoms with Crippen LogP contribution in [0.5, 0.6) is 5.75 Å². The van der Waals surface area contributed by atoms with Crippen molar-refractivity contribution in [3.05, 3.63) is 64.8 Å². The van der Waals surface area contributed by atoms with Gasteiger partial charge in [-0.1, -0.05) is 0 Å². The van der Waals surface area contributed by atoms with Gasteiger partial charge in [-0.3, -0.25) is 9.97 Å². The fourth-order valence-electron chi connectivity index (χ4n) is 2.28. The second kappa shape index (κ2) is 7.57. The van der Waals surface area contributed by atoms with Crippen LogP contribution in [-0.4, -0.2) is 22.5 Å². The van der Waals surface area contributed by atoms with E-state index >= 15 is 0 Å². The van der Waals surface area contributed by atoms with Crippen LogP contribution >= 0.6 is 15.9 Å². The molecule has 0 bridgehead atoms. The lowest BCUT2D eigenvalue weighted by Crippen LogP contribution is -2.22. The number of ether oxygens (including phenoxy) is 2. The van der Waals surface area contributed by atoms with Crippen molar-refractivity contribution in [1.82, 2.24) is 9.97 Å². The number of pyridine rings is 2. The summed E-state index contributed by atoms with van der Waals surface area (Å²) in [5.41, 5.74) is 1.07. The van der Waals surface area contributed by atoms with Crippen molar-refractivity contribution >= 4 is 32.8 Å². The second-order valence-electron chi connectivity index (χ2n) is 5.16. The fraction of sp³-hybridized carbons (Fsp3) is 0.167. The average Bonchev–Trinajstić information content (AvgIpc) is 2.60. The first-order valence-corrected chi connectivity index (χ1v) is 8.36. The van der Waals surface area contributed by atoms with E-state index in [4.69, 9.17) is 9.47 Å². The number of carbonyl (C=O) groups is 1. The second-order valence-corrected chi connectivity index (χ2v) is 6.07. The Morgan fingerprint density at radius 1 is 1.20 bits per heavy atom. The molecule has 0 N–H and O–H groups in total. The van der Waals surface area contributed by atoms with Crippen LogP contribution in [0.25, 0.3) is 10.9 Å². The molecule has 3 aromatic rings. The highest BCUT2D eigenvalue weighted by Gasteiger charge is 2.26. The summed E-state index contributed by atoms with van der Waals surface area (Å²) in [6.07, 6.45) is 1.65. The molecule has 3 rings (SSSR count). The normalized spacial score (nSPS) is 12.0. The van der Waals surface area contributed by atoms with Gasteiger partial charge < -0.3 is 9.47 Å². The van der Waals surface area contributed by atoms with Crippen molar-refractivity contribution < 1.29 is 18.7 Å². The SMILES string of the molecule is CCOC(=O)C(Oc1ccc2ncc(Br)cc2c1)c1ccc(F)cn1. The first-order chi connectivity index (χ1) is 12.1. The number of hydrogen-bond donors (Lipinski definition) is 0. The minimum atomic E-state index is -1.09. The van der Waals surface area contributed by atoms with Crippen LogP contribution in [0.1, 0.15) is 18.7 Å². The molecule has 2 heterocycles. The Labute approximate surface area is 151 Å². The standard InChI is InChI=1S/C18H14BrFN2O3/c1-2-24-18(23)17(16-5-3-13(20)10-22-16)25-14-4-6-15-11(8-14)7-12(19)9-21-15/h3-10,17H,2H2,1H3. The van der Waals surface area contributed by atoms with Crippen molar-refractivity contribution in [2.24, 2.45) is 0 Å². The monoisotopic (exact) mass is 404 g/mol. The summed E-state index contributed by atoms with van der Waals surface area (Å²) in [4.78, 5) is 20.5. The number of hydrogen-bond acceptors (Lipinski definition) is 5. The maximum atomic E-state index is 13.1. The van der Waals surface area contributed by atoms with Gasteiger partial charge in [0.05, 0.1) is 24.0 Å². The molecule has 0 saturated heterocycles. The van der Waals surface area contributed by atoms with E-state index in [9.17, 15) is 9.18 Å². The van der Waals surface area contributed by atoms with Gasteiger partial charge in [-0.15, -0.1) is 0 Å². The van der Waals surface area contributed by atoms with Crippen LogP contribution in [0, 0.1) is 5.82 Å². The number of carbonyl (C=O) groups excluding carboxylic acids is 1. The van der Waals surface area contributed by atoms with Gasteiger partial charge in [0.15, 0.2) is 0 Å². The van der Waals surface area contributed by atoms with E-state index in [-0.39, 0.29) is 12.3 Å². The third kappa shape index (κ3) is 4.11. The molecule has 0 aliphatic carbocycles. The molecule has 25 heavy (non-hydrogen) atoms. The molecule has 7 heteroatoms. The molecule has 1 atom stereocenters. The molecule has 128 valence electrons. The van der Waals surface area contributed by atoms with Gasteiger partial charge in [0.2, 0.25) is 6.10 Å². The number of esters is 1. The Hall–Kier alpha value is -2.54. The fourth-order valence-corrected chi connectivity index (χ4v) is 2.63. The Kier molecular flexibility index (Phi) is 5.23. The summed E-state index contributed by atoms with van der Waals surface area (Å²) in [5, 5.41) is 0.849. The molecule has 0 amide bonds. The summed E-state index contributed by atoms with van der Waals surface area (Å²) in [6.45, 7) is 1.90. The lowest BCUT2D eigenvalue weighted by atomic mass is 10.2. The number of aromatic nitrogens is 2.